The van der Waals surface area contributed by atoms with Gasteiger partial charge in [0.2, 0.25) is 11.8 Å². The molecule has 0 bridgehead atoms. The van der Waals surface area contributed by atoms with Crippen LogP contribution in [0.4, 0.5) is 10.8 Å². The van der Waals surface area contributed by atoms with Gasteiger partial charge in [-0.05, 0) is 43.4 Å². The van der Waals surface area contributed by atoms with E-state index in [0.717, 1.165) is 49.2 Å². The molecule has 0 saturated heterocycles. The highest BCUT2D eigenvalue weighted by Crippen LogP contribution is 2.36. The normalized spacial score (nSPS) is 17.0. The number of carbonyl (C=O) groups excluding carboxylic acids is 2. The van der Waals surface area contributed by atoms with Crippen molar-refractivity contribution in [2.24, 2.45) is 5.92 Å². The van der Waals surface area contributed by atoms with Crippen LogP contribution in [0, 0.1) is 5.92 Å². The minimum absolute atomic E-state index is 0.0255. The number of hydrogen-bond donors (Lipinski definition) is 0. The van der Waals surface area contributed by atoms with Gasteiger partial charge in [-0.25, -0.2) is 4.98 Å². The van der Waals surface area contributed by atoms with Crippen molar-refractivity contribution in [1.29, 1.82) is 0 Å². The number of nitrogens with zero attached hydrogens (tertiary/aromatic N) is 3. The maximum Gasteiger partial charge on any atom is 0.230 e. The van der Waals surface area contributed by atoms with Crippen molar-refractivity contribution in [2.75, 3.05) is 23.4 Å². The summed E-state index contributed by atoms with van der Waals surface area (Å²) in [5, 5.41) is 2.69. The fourth-order valence-corrected chi connectivity index (χ4v) is 4.91. The molecular formula is C21H25N3O2S. The zero-order valence-corrected chi connectivity index (χ0v) is 16.7. The maximum atomic E-state index is 12.9. The van der Waals surface area contributed by atoms with Gasteiger partial charge in [-0.15, -0.1) is 11.3 Å². The molecule has 1 aromatic carbocycles. The first-order chi connectivity index (χ1) is 13.0. The summed E-state index contributed by atoms with van der Waals surface area (Å²) in [6.07, 6.45) is 6.42. The molecule has 5 nitrogen and oxygen atoms in total. The zero-order valence-electron chi connectivity index (χ0n) is 15.9. The predicted molar refractivity (Wildman–Crippen MR) is 109 cm³/mol. The molecule has 2 heterocycles. The van der Waals surface area contributed by atoms with Crippen molar-refractivity contribution >= 4 is 34.0 Å². The van der Waals surface area contributed by atoms with E-state index in [1.54, 1.807) is 11.9 Å². The summed E-state index contributed by atoms with van der Waals surface area (Å²) < 4.78 is 0. The van der Waals surface area contributed by atoms with Gasteiger partial charge in [0.05, 0.1) is 5.69 Å². The van der Waals surface area contributed by atoms with E-state index in [1.165, 1.54) is 36.7 Å². The number of hydrogen-bond acceptors (Lipinski definition) is 4. The lowest BCUT2D eigenvalue weighted by Gasteiger charge is -2.31. The Morgan fingerprint density at radius 2 is 2.00 bits per heavy atom. The molecule has 0 atom stereocenters. The average molecular weight is 384 g/mol. The predicted octanol–water partition coefficient (Wildman–Crippen LogP) is 4.26. The Morgan fingerprint density at radius 1 is 1.22 bits per heavy atom. The van der Waals surface area contributed by atoms with Crippen molar-refractivity contribution in [3.63, 3.8) is 0 Å². The molecule has 27 heavy (non-hydrogen) atoms. The second-order valence-corrected chi connectivity index (χ2v) is 8.35. The molecule has 2 aromatic rings. The van der Waals surface area contributed by atoms with Gasteiger partial charge in [-0.3, -0.25) is 14.5 Å². The minimum atomic E-state index is -0.0255. The van der Waals surface area contributed by atoms with Crippen LogP contribution in [-0.4, -0.2) is 30.4 Å². The fraction of sp³-hybridized carbons (Fsp3) is 0.476. The van der Waals surface area contributed by atoms with E-state index in [1.807, 2.05) is 16.3 Å². The fourth-order valence-electron chi connectivity index (χ4n) is 4.06. The number of carbonyl (C=O) groups is 2. The first-order valence-corrected chi connectivity index (χ1v) is 10.6. The molecule has 0 radical (unpaired) electrons. The first-order valence-electron chi connectivity index (χ1n) is 9.69. The van der Waals surface area contributed by atoms with Crippen molar-refractivity contribution in [3.8, 4) is 11.3 Å². The van der Waals surface area contributed by atoms with Gasteiger partial charge in [0.1, 0.15) is 0 Å². The highest BCUT2D eigenvalue weighted by atomic mass is 32.1. The molecule has 6 heteroatoms. The van der Waals surface area contributed by atoms with Crippen LogP contribution >= 0.6 is 11.3 Å². The Balaban J connectivity index is 1.60. The summed E-state index contributed by atoms with van der Waals surface area (Å²) in [5.74, 6) is 0.487. The molecule has 1 fully saturated rings. The van der Waals surface area contributed by atoms with E-state index in [0.29, 0.717) is 11.0 Å². The number of aromatic nitrogens is 1. The SMILES string of the molecule is CC(=O)N(C)c1nc(-c2ccc3c(c2)CCCN3C(=O)C2CCCC2)cs1. The van der Waals surface area contributed by atoms with E-state index in [4.69, 9.17) is 0 Å². The lowest BCUT2D eigenvalue weighted by atomic mass is 9.96. The van der Waals surface area contributed by atoms with Gasteiger partial charge in [-0.2, -0.15) is 0 Å². The van der Waals surface area contributed by atoms with Crippen LogP contribution in [0.2, 0.25) is 0 Å². The molecule has 2 aliphatic rings. The summed E-state index contributed by atoms with van der Waals surface area (Å²) in [7, 11) is 1.74. The Labute approximate surface area is 164 Å². The number of thiazole rings is 1. The van der Waals surface area contributed by atoms with E-state index < -0.39 is 0 Å². The quantitative estimate of drug-likeness (QED) is 0.796. The smallest absolute Gasteiger partial charge is 0.230 e. The highest BCUT2D eigenvalue weighted by Gasteiger charge is 2.30. The molecule has 0 spiro atoms. The monoisotopic (exact) mass is 383 g/mol. The second-order valence-electron chi connectivity index (χ2n) is 7.51. The summed E-state index contributed by atoms with van der Waals surface area (Å²) in [5.41, 5.74) is 4.21. The number of anilines is 2. The first kappa shape index (κ1) is 18.2. The molecular weight excluding hydrogens is 358 g/mol. The topological polar surface area (TPSA) is 53.5 Å². The summed E-state index contributed by atoms with van der Waals surface area (Å²) >= 11 is 1.47. The van der Waals surface area contributed by atoms with Crippen LogP contribution in [0.1, 0.15) is 44.6 Å². The Bertz CT molecular complexity index is 870. The molecule has 4 rings (SSSR count). The number of rotatable bonds is 3. The van der Waals surface area contributed by atoms with Crippen molar-refractivity contribution in [1.82, 2.24) is 4.98 Å². The second kappa shape index (κ2) is 7.43. The molecule has 2 amide bonds. The molecule has 142 valence electrons. The number of amides is 2. The Hall–Kier alpha value is -2.21. The van der Waals surface area contributed by atoms with Crippen LogP contribution in [0.15, 0.2) is 23.6 Å². The highest BCUT2D eigenvalue weighted by molar-refractivity contribution is 7.14. The lowest BCUT2D eigenvalue weighted by molar-refractivity contribution is -0.122. The third kappa shape index (κ3) is 3.50. The molecule has 1 saturated carbocycles. The van der Waals surface area contributed by atoms with Crippen LogP contribution in [-0.2, 0) is 16.0 Å². The number of aryl methyl sites for hydroxylation is 1. The average Bonchev–Trinajstić information content (AvgIpc) is 3.37. The van der Waals surface area contributed by atoms with Gasteiger partial charge in [0.25, 0.3) is 0 Å². The summed E-state index contributed by atoms with van der Waals surface area (Å²) in [6.45, 7) is 2.36. The van der Waals surface area contributed by atoms with Crippen LogP contribution in [0.3, 0.4) is 0 Å². The Kier molecular flexibility index (Phi) is 5.00. The van der Waals surface area contributed by atoms with Gasteiger partial charge in [0.15, 0.2) is 5.13 Å². The van der Waals surface area contributed by atoms with Crippen LogP contribution in [0.25, 0.3) is 11.3 Å². The van der Waals surface area contributed by atoms with Gasteiger partial charge in [0, 0.05) is 43.1 Å². The van der Waals surface area contributed by atoms with Gasteiger partial charge in [-0.1, -0.05) is 18.9 Å². The minimum Gasteiger partial charge on any atom is -0.312 e. The van der Waals surface area contributed by atoms with Crippen molar-refractivity contribution in [2.45, 2.75) is 45.4 Å². The number of fused-ring (bicyclic) bond motifs is 1. The molecule has 0 N–H and O–H groups in total. The summed E-state index contributed by atoms with van der Waals surface area (Å²) in [4.78, 5) is 32.7. The van der Waals surface area contributed by atoms with Crippen molar-refractivity contribution < 1.29 is 9.59 Å². The van der Waals surface area contributed by atoms with Crippen LogP contribution < -0.4 is 9.80 Å². The Morgan fingerprint density at radius 3 is 2.74 bits per heavy atom. The molecule has 0 unspecified atom stereocenters. The van der Waals surface area contributed by atoms with Gasteiger partial charge < -0.3 is 4.90 Å². The summed E-state index contributed by atoms with van der Waals surface area (Å²) in [6, 6.07) is 6.28. The van der Waals surface area contributed by atoms with E-state index >= 15 is 0 Å². The van der Waals surface area contributed by atoms with E-state index in [2.05, 4.69) is 17.1 Å². The lowest BCUT2D eigenvalue weighted by Crippen LogP contribution is -2.39. The largest absolute Gasteiger partial charge is 0.312 e. The number of benzene rings is 1. The standard InChI is InChI=1S/C21H25N3O2S/c1-14(25)23(2)21-22-18(13-27-21)16-9-10-19-17(12-16)8-5-11-24(19)20(26)15-6-3-4-7-15/h9-10,12-13,15H,3-8,11H2,1-2H3. The zero-order chi connectivity index (χ0) is 19.0. The third-order valence-electron chi connectivity index (χ3n) is 5.72. The maximum absolute atomic E-state index is 12.9. The van der Waals surface area contributed by atoms with E-state index in [9.17, 15) is 9.59 Å². The third-order valence-corrected chi connectivity index (χ3v) is 6.63. The molecule has 1 aliphatic carbocycles. The van der Waals surface area contributed by atoms with Crippen LogP contribution in [0.5, 0.6) is 0 Å². The van der Waals surface area contributed by atoms with E-state index in [-0.39, 0.29) is 11.8 Å². The molecule has 1 aliphatic heterocycles. The molecule has 1 aromatic heterocycles. The van der Waals surface area contributed by atoms with Gasteiger partial charge >= 0.3 is 0 Å². The van der Waals surface area contributed by atoms with Crippen molar-refractivity contribution in [3.05, 3.63) is 29.1 Å².